The summed E-state index contributed by atoms with van der Waals surface area (Å²) in [6, 6.07) is 20.0. The molecule has 0 spiro atoms. The van der Waals surface area contributed by atoms with Crippen LogP contribution in [-0.2, 0) is 55.3 Å². The number of aromatic amines is 1. The SMILES string of the molecule is CN1C(=O)[C@@H](N)COc2ccc(CN3CCn4ncnc4C3)cc21.CN1C(=O)[C@@H](NC(=O)c2n[nH]c(Cc3ccccc3)n2)COc2ccc(CN3CCn4ncnc4C3)cc21.Cl. The topological polar surface area (TPSA) is 224 Å². The highest BCUT2D eigenvalue weighted by Crippen LogP contribution is 2.33. The number of carbonyl (C=O) groups is 3. The third-order valence-electron chi connectivity index (χ3n) is 11.3. The molecule has 3 aromatic heterocycles. The van der Waals surface area contributed by atoms with Gasteiger partial charge in [0.25, 0.3) is 11.8 Å². The van der Waals surface area contributed by atoms with Crippen LogP contribution >= 0.6 is 12.4 Å². The number of aromatic nitrogens is 9. The van der Waals surface area contributed by atoms with Gasteiger partial charge < -0.3 is 30.3 Å². The van der Waals surface area contributed by atoms with E-state index in [4.69, 9.17) is 15.2 Å². The van der Waals surface area contributed by atoms with Gasteiger partial charge in [-0.05, 0) is 41.0 Å². The zero-order chi connectivity index (χ0) is 42.7. The molecule has 63 heavy (non-hydrogen) atoms. The van der Waals surface area contributed by atoms with Crippen molar-refractivity contribution in [2.45, 2.75) is 57.8 Å². The molecular weight excluding hydrogens is 830 g/mol. The molecule has 20 nitrogen and oxygen atoms in total. The molecule has 2 atom stereocenters. The first kappa shape index (κ1) is 42.9. The molecule has 10 rings (SSSR count). The van der Waals surface area contributed by atoms with Gasteiger partial charge in [0.2, 0.25) is 11.7 Å². The molecule has 7 heterocycles. The van der Waals surface area contributed by atoms with Crippen molar-refractivity contribution in [3.05, 3.63) is 119 Å². The Morgan fingerprint density at radius 3 is 1.94 bits per heavy atom. The van der Waals surface area contributed by atoms with Gasteiger partial charge in [0.15, 0.2) is 0 Å². The molecule has 3 aromatic carbocycles. The molecule has 21 heteroatoms. The Hall–Kier alpha value is -6.74. The van der Waals surface area contributed by atoms with Crippen molar-refractivity contribution in [1.82, 2.24) is 59.8 Å². The minimum atomic E-state index is -0.882. The van der Waals surface area contributed by atoms with Gasteiger partial charge in [-0.15, -0.1) is 17.5 Å². The molecule has 0 bridgehead atoms. The molecule has 0 saturated heterocycles. The van der Waals surface area contributed by atoms with E-state index in [1.807, 2.05) is 76.1 Å². The Balaban J connectivity index is 0.000000188. The highest BCUT2D eigenvalue weighted by atomic mass is 35.5. The van der Waals surface area contributed by atoms with E-state index in [1.54, 1.807) is 31.6 Å². The summed E-state index contributed by atoms with van der Waals surface area (Å²) in [5, 5.41) is 18.0. The first-order chi connectivity index (χ1) is 30.1. The van der Waals surface area contributed by atoms with Crippen molar-refractivity contribution in [3.63, 3.8) is 0 Å². The largest absolute Gasteiger partial charge is 0.489 e. The van der Waals surface area contributed by atoms with Gasteiger partial charge in [0.1, 0.15) is 66.9 Å². The highest BCUT2D eigenvalue weighted by Gasteiger charge is 2.32. The zero-order valence-electron chi connectivity index (χ0n) is 34.8. The number of fused-ring (bicyclic) bond motifs is 4. The van der Waals surface area contributed by atoms with Crippen LogP contribution < -0.4 is 30.3 Å². The molecule has 4 aliphatic rings. The minimum absolute atomic E-state index is 0. The van der Waals surface area contributed by atoms with Crippen LogP contribution in [0.15, 0.2) is 79.4 Å². The van der Waals surface area contributed by atoms with Crippen molar-refractivity contribution in [2.75, 3.05) is 50.2 Å². The predicted molar refractivity (Wildman–Crippen MR) is 231 cm³/mol. The minimum Gasteiger partial charge on any atom is -0.489 e. The quantitative estimate of drug-likeness (QED) is 0.198. The van der Waals surface area contributed by atoms with E-state index in [1.165, 1.54) is 4.90 Å². The number of nitrogens with one attached hydrogen (secondary N) is 2. The number of nitrogens with zero attached hydrogens (tertiary/aromatic N) is 12. The van der Waals surface area contributed by atoms with E-state index < -0.39 is 18.0 Å². The van der Waals surface area contributed by atoms with Crippen LogP contribution in [0.25, 0.3) is 0 Å². The third-order valence-corrected chi connectivity index (χ3v) is 11.3. The van der Waals surface area contributed by atoms with E-state index in [9.17, 15) is 14.4 Å². The fourth-order valence-electron chi connectivity index (χ4n) is 7.91. The molecule has 0 saturated carbocycles. The number of H-pyrrole nitrogens is 1. The molecule has 6 aromatic rings. The van der Waals surface area contributed by atoms with E-state index in [0.29, 0.717) is 42.5 Å². The molecule has 3 amide bonds. The van der Waals surface area contributed by atoms with Crippen molar-refractivity contribution in [2.24, 2.45) is 5.73 Å². The van der Waals surface area contributed by atoms with Crippen molar-refractivity contribution in [3.8, 4) is 11.5 Å². The van der Waals surface area contributed by atoms with E-state index in [2.05, 4.69) is 50.5 Å². The Labute approximate surface area is 368 Å². The maximum atomic E-state index is 13.3. The molecule has 4 N–H and O–H groups in total. The Morgan fingerprint density at radius 2 is 1.33 bits per heavy atom. The van der Waals surface area contributed by atoms with Gasteiger partial charge in [-0.1, -0.05) is 42.5 Å². The summed E-state index contributed by atoms with van der Waals surface area (Å²) >= 11 is 0. The van der Waals surface area contributed by atoms with E-state index in [0.717, 1.165) is 73.3 Å². The van der Waals surface area contributed by atoms with Crippen LogP contribution in [0.4, 0.5) is 11.4 Å². The van der Waals surface area contributed by atoms with Crippen LogP contribution in [0.2, 0.25) is 0 Å². The number of anilines is 2. The van der Waals surface area contributed by atoms with Crippen molar-refractivity contribution >= 4 is 41.5 Å². The number of carbonyl (C=O) groups excluding carboxylic acids is 3. The summed E-state index contributed by atoms with van der Waals surface area (Å²) in [4.78, 5) is 59.0. The van der Waals surface area contributed by atoms with Crippen LogP contribution in [0.1, 0.15) is 44.8 Å². The van der Waals surface area contributed by atoms with Crippen LogP contribution in [0, 0.1) is 0 Å². The maximum absolute atomic E-state index is 13.3. The summed E-state index contributed by atoms with van der Waals surface area (Å²) in [5.41, 5.74) is 10.5. The number of amides is 3. The monoisotopic (exact) mass is 877 g/mol. The number of ether oxygens (including phenoxy) is 2. The van der Waals surface area contributed by atoms with Gasteiger partial charge >= 0.3 is 0 Å². The van der Waals surface area contributed by atoms with Crippen LogP contribution in [-0.4, -0.2) is 125 Å². The molecule has 0 fully saturated rings. The number of nitrogens with two attached hydrogens (primary N) is 1. The second-order valence-electron chi connectivity index (χ2n) is 15.6. The Bertz CT molecular complexity index is 2580. The summed E-state index contributed by atoms with van der Waals surface area (Å²) in [6.45, 7) is 6.61. The average Bonchev–Trinajstić information content (AvgIpc) is 4.06. The molecule has 0 unspecified atom stereocenters. The summed E-state index contributed by atoms with van der Waals surface area (Å²) in [6.07, 6.45) is 3.70. The second kappa shape index (κ2) is 18.7. The fourth-order valence-corrected chi connectivity index (χ4v) is 7.91. The number of halogens is 1. The lowest BCUT2D eigenvalue weighted by Crippen LogP contribution is -2.49. The molecule has 4 aliphatic heterocycles. The molecule has 0 aliphatic carbocycles. The Morgan fingerprint density at radius 1 is 0.762 bits per heavy atom. The number of likely N-dealkylation sites (N-methyl/N-ethyl adjacent to an activating group) is 2. The third kappa shape index (κ3) is 9.53. The van der Waals surface area contributed by atoms with Crippen molar-refractivity contribution < 1.29 is 23.9 Å². The predicted octanol–water partition coefficient (Wildman–Crippen LogP) is 1.55. The maximum Gasteiger partial charge on any atom is 0.291 e. The standard InChI is InChI=1S/C26H27N9O3.C16H20N6O2.ClH/c1-33-20-11-18(13-34-9-10-35-23(14-34)27-16-28-35)7-8-21(20)38-15-19(26(33)37)29-25(36)24-30-22(31-32-24)12-17-5-3-2-4-6-17;1-20-13-6-11(2-3-14(13)24-9-12(17)16(20)23)7-21-4-5-22-15(8-21)18-10-19-22;/h2-8,11,16,19H,9-10,12-15H2,1H3,(H,29,36)(H,30,31,32);2-3,6,10,12H,4-5,7-9,17H2,1H3;1H/t19-;12-;/m00./s1. The Kier molecular flexibility index (Phi) is 12.7. The highest BCUT2D eigenvalue weighted by molar-refractivity contribution is 6.02. The average molecular weight is 878 g/mol. The first-order valence-corrected chi connectivity index (χ1v) is 20.4. The lowest BCUT2D eigenvalue weighted by molar-refractivity contribution is -0.120. The zero-order valence-corrected chi connectivity index (χ0v) is 35.6. The van der Waals surface area contributed by atoms with Crippen molar-refractivity contribution in [1.29, 1.82) is 0 Å². The summed E-state index contributed by atoms with van der Waals surface area (Å²) in [7, 11) is 3.43. The lowest BCUT2D eigenvalue weighted by Gasteiger charge is -2.27. The number of hydrogen-bond donors (Lipinski definition) is 3. The fraction of sp³-hybridized carbons (Fsp3) is 0.357. The van der Waals surface area contributed by atoms with Gasteiger partial charge in [-0.3, -0.25) is 29.3 Å². The summed E-state index contributed by atoms with van der Waals surface area (Å²) in [5.74, 6) is 2.81. The molecule has 328 valence electrons. The van der Waals surface area contributed by atoms with Gasteiger partial charge in [0.05, 0.1) is 37.6 Å². The lowest BCUT2D eigenvalue weighted by atomic mass is 10.1. The van der Waals surface area contributed by atoms with Crippen LogP contribution in [0.3, 0.4) is 0 Å². The van der Waals surface area contributed by atoms with E-state index >= 15 is 0 Å². The molecule has 0 radical (unpaired) electrons. The summed E-state index contributed by atoms with van der Waals surface area (Å²) < 4.78 is 15.5. The molecular formula is C42H48ClN15O5. The number of hydrogen-bond acceptors (Lipinski definition) is 14. The van der Waals surface area contributed by atoms with Crippen LogP contribution in [0.5, 0.6) is 11.5 Å². The number of rotatable bonds is 8. The van der Waals surface area contributed by atoms with Gasteiger partial charge in [-0.25, -0.2) is 24.3 Å². The smallest absolute Gasteiger partial charge is 0.291 e. The first-order valence-electron chi connectivity index (χ1n) is 20.4. The number of benzene rings is 3. The van der Waals surface area contributed by atoms with E-state index in [-0.39, 0.29) is 43.3 Å². The normalized spacial score (nSPS) is 18.5. The second-order valence-corrected chi connectivity index (χ2v) is 15.6. The van der Waals surface area contributed by atoms with Gasteiger partial charge in [0, 0.05) is 46.7 Å². The van der Waals surface area contributed by atoms with Gasteiger partial charge in [-0.2, -0.15) is 10.2 Å².